The summed E-state index contributed by atoms with van der Waals surface area (Å²) in [5, 5.41) is 0.944. The molecule has 108 valence electrons. The zero-order chi connectivity index (χ0) is 14.5. The van der Waals surface area contributed by atoms with Crippen LogP contribution in [0.15, 0.2) is 24.4 Å². The molecule has 0 aliphatic heterocycles. The molecule has 0 aliphatic rings. The van der Waals surface area contributed by atoms with E-state index in [9.17, 15) is 0 Å². The minimum atomic E-state index is 0.477. The SMILES string of the molecule is COc1cc(-c2ncc(CN)s2)ccc1OCC(C)C. The summed E-state index contributed by atoms with van der Waals surface area (Å²) in [6.45, 7) is 5.42. The molecule has 0 amide bonds. The van der Waals surface area contributed by atoms with Gasteiger partial charge in [0.1, 0.15) is 5.01 Å². The van der Waals surface area contributed by atoms with Gasteiger partial charge in [-0.25, -0.2) is 4.98 Å². The second-order valence-corrected chi connectivity index (χ2v) is 6.02. The molecule has 2 aromatic rings. The zero-order valence-corrected chi connectivity index (χ0v) is 12.9. The van der Waals surface area contributed by atoms with Crippen molar-refractivity contribution in [2.75, 3.05) is 13.7 Å². The molecule has 1 aromatic carbocycles. The van der Waals surface area contributed by atoms with Crippen LogP contribution in [0, 0.1) is 5.92 Å². The molecule has 0 saturated heterocycles. The molecular formula is C15H20N2O2S. The molecular weight excluding hydrogens is 272 g/mol. The van der Waals surface area contributed by atoms with E-state index in [1.165, 1.54) is 0 Å². The van der Waals surface area contributed by atoms with Gasteiger partial charge < -0.3 is 15.2 Å². The third-order valence-electron chi connectivity index (χ3n) is 2.74. The average Bonchev–Trinajstić information content (AvgIpc) is 2.93. The number of rotatable bonds is 6. The minimum Gasteiger partial charge on any atom is -0.493 e. The van der Waals surface area contributed by atoms with E-state index in [0.29, 0.717) is 19.1 Å². The summed E-state index contributed by atoms with van der Waals surface area (Å²) in [7, 11) is 1.65. The number of nitrogens with zero attached hydrogens (tertiary/aromatic N) is 1. The smallest absolute Gasteiger partial charge is 0.161 e. The first kappa shape index (κ1) is 14.8. The lowest BCUT2D eigenvalue weighted by Crippen LogP contribution is -2.05. The number of hydrogen-bond acceptors (Lipinski definition) is 5. The van der Waals surface area contributed by atoms with E-state index in [1.54, 1.807) is 18.4 Å². The quantitative estimate of drug-likeness (QED) is 0.887. The number of thiazole rings is 1. The van der Waals surface area contributed by atoms with E-state index < -0.39 is 0 Å². The summed E-state index contributed by atoms with van der Waals surface area (Å²) in [6, 6.07) is 5.88. The highest BCUT2D eigenvalue weighted by Gasteiger charge is 2.10. The maximum absolute atomic E-state index is 5.74. The molecule has 0 spiro atoms. The van der Waals surface area contributed by atoms with Gasteiger partial charge in [0.15, 0.2) is 11.5 Å². The molecule has 2 N–H and O–H groups in total. The van der Waals surface area contributed by atoms with Crippen molar-refractivity contribution in [1.29, 1.82) is 0 Å². The van der Waals surface area contributed by atoms with Crippen molar-refractivity contribution in [1.82, 2.24) is 4.98 Å². The van der Waals surface area contributed by atoms with Crippen LogP contribution in [-0.4, -0.2) is 18.7 Å². The maximum atomic E-state index is 5.74. The van der Waals surface area contributed by atoms with Crippen LogP contribution in [0.1, 0.15) is 18.7 Å². The van der Waals surface area contributed by atoms with Crippen molar-refractivity contribution >= 4 is 11.3 Å². The zero-order valence-electron chi connectivity index (χ0n) is 12.1. The second-order valence-electron chi connectivity index (χ2n) is 4.91. The summed E-state index contributed by atoms with van der Waals surface area (Å²) in [5.74, 6) is 1.97. The molecule has 5 heteroatoms. The first-order valence-electron chi connectivity index (χ1n) is 6.60. The van der Waals surface area contributed by atoms with Gasteiger partial charge in [-0.3, -0.25) is 0 Å². The highest BCUT2D eigenvalue weighted by molar-refractivity contribution is 7.15. The van der Waals surface area contributed by atoms with Crippen LogP contribution in [0.25, 0.3) is 10.6 Å². The molecule has 0 radical (unpaired) electrons. The van der Waals surface area contributed by atoms with Gasteiger partial charge in [-0.05, 0) is 24.1 Å². The molecule has 0 fully saturated rings. The fourth-order valence-electron chi connectivity index (χ4n) is 1.71. The Kier molecular flexibility index (Phi) is 4.98. The van der Waals surface area contributed by atoms with E-state index >= 15 is 0 Å². The summed E-state index contributed by atoms with van der Waals surface area (Å²) in [4.78, 5) is 5.45. The van der Waals surface area contributed by atoms with Gasteiger partial charge in [0.2, 0.25) is 0 Å². The van der Waals surface area contributed by atoms with Crippen LogP contribution in [0.3, 0.4) is 0 Å². The fraction of sp³-hybridized carbons (Fsp3) is 0.400. The number of methoxy groups -OCH3 is 1. The molecule has 20 heavy (non-hydrogen) atoms. The van der Waals surface area contributed by atoms with Crippen molar-refractivity contribution in [3.8, 4) is 22.1 Å². The Balaban J connectivity index is 2.24. The highest BCUT2D eigenvalue weighted by Crippen LogP contribution is 2.34. The second kappa shape index (κ2) is 6.72. The van der Waals surface area contributed by atoms with Gasteiger partial charge in [0.25, 0.3) is 0 Å². The van der Waals surface area contributed by atoms with Crippen molar-refractivity contribution in [2.24, 2.45) is 11.7 Å². The fourth-order valence-corrected chi connectivity index (χ4v) is 2.50. The van der Waals surface area contributed by atoms with Crippen LogP contribution in [0.4, 0.5) is 0 Å². The Hall–Kier alpha value is -1.59. The first-order valence-corrected chi connectivity index (χ1v) is 7.41. The largest absolute Gasteiger partial charge is 0.493 e. The Morgan fingerprint density at radius 2 is 2.10 bits per heavy atom. The van der Waals surface area contributed by atoms with Gasteiger partial charge in [-0.2, -0.15) is 0 Å². The lowest BCUT2D eigenvalue weighted by atomic mass is 10.2. The standard InChI is InChI=1S/C15H20N2O2S/c1-10(2)9-19-13-5-4-11(6-14(13)18-3)15-17-8-12(7-16)20-15/h4-6,8,10H,7,9,16H2,1-3H3. The van der Waals surface area contributed by atoms with E-state index in [-0.39, 0.29) is 0 Å². The Morgan fingerprint density at radius 1 is 1.30 bits per heavy atom. The van der Waals surface area contributed by atoms with Crippen molar-refractivity contribution < 1.29 is 9.47 Å². The number of benzene rings is 1. The number of ether oxygens (including phenoxy) is 2. The van der Waals surface area contributed by atoms with E-state index in [0.717, 1.165) is 26.9 Å². The third kappa shape index (κ3) is 3.49. The Labute approximate surface area is 123 Å². The summed E-state index contributed by atoms with van der Waals surface area (Å²) >= 11 is 1.60. The van der Waals surface area contributed by atoms with Crippen molar-refractivity contribution in [3.63, 3.8) is 0 Å². The predicted molar refractivity (Wildman–Crippen MR) is 82.3 cm³/mol. The van der Waals surface area contributed by atoms with Crippen molar-refractivity contribution in [2.45, 2.75) is 20.4 Å². The number of nitrogens with two attached hydrogens (primary N) is 1. The lowest BCUT2D eigenvalue weighted by Gasteiger charge is -2.13. The summed E-state index contributed by atoms with van der Waals surface area (Å²) < 4.78 is 11.1. The van der Waals surface area contributed by atoms with Crippen molar-refractivity contribution in [3.05, 3.63) is 29.3 Å². The summed E-state index contributed by atoms with van der Waals surface area (Å²) in [5.41, 5.74) is 6.63. The lowest BCUT2D eigenvalue weighted by molar-refractivity contribution is 0.257. The molecule has 1 heterocycles. The van der Waals surface area contributed by atoms with Crippen LogP contribution in [0.2, 0.25) is 0 Å². The topological polar surface area (TPSA) is 57.4 Å². The Bertz CT molecular complexity index is 567. The highest BCUT2D eigenvalue weighted by atomic mass is 32.1. The Morgan fingerprint density at radius 3 is 2.70 bits per heavy atom. The van der Waals surface area contributed by atoms with E-state index in [1.807, 2.05) is 24.4 Å². The monoisotopic (exact) mass is 292 g/mol. The normalized spacial score (nSPS) is 10.8. The number of aromatic nitrogens is 1. The molecule has 0 unspecified atom stereocenters. The molecule has 0 atom stereocenters. The maximum Gasteiger partial charge on any atom is 0.161 e. The first-order chi connectivity index (χ1) is 9.63. The third-order valence-corrected chi connectivity index (χ3v) is 3.81. The molecule has 2 rings (SSSR count). The van der Waals surface area contributed by atoms with Gasteiger partial charge in [0, 0.05) is 23.2 Å². The molecule has 0 bridgehead atoms. The molecule has 4 nitrogen and oxygen atoms in total. The minimum absolute atomic E-state index is 0.477. The van der Waals surface area contributed by atoms with Crippen LogP contribution in [-0.2, 0) is 6.54 Å². The van der Waals surface area contributed by atoms with Gasteiger partial charge in [0.05, 0.1) is 13.7 Å². The van der Waals surface area contributed by atoms with E-state index in [4.69, 9.17) is 15.2 Å². The van der Waals surface area contributed by atoms with Gasteiger partial charge in [-0.15, -0.1) is 11.3 Å². The predicted octanol–water partition coefficient (Wildman–Crippen LogP) is 3.31. The molecule has 1 aromatic heterocycles. The van der Waals surface area contributed by atoms with Crippen LogP contribution >= 0.6 is 11.3 Å². The van der Waals surface area contributed by atoms with Crippen LogP contribution in [0.5, 0.6) is 11.5 Å². The summed E-state index contributed by atoms with van der Waals surface area (Å²) in [6.07, 6.45) is 1.82. The number of hydrogen-bond donors (Lipinski definition) is 1. The average molecular weight is 292 g/mol. The molecule has 0 aliphatic carbocycles. The van der Waals surface area contributed by atoms with Gasteiger partial charge >= 0.3 is 0 Å². The van der Waals surface area contributed by atoms with E-state index in [2.05, 4.69) is 18.8 Å². The van der Waals surface area contributed by atoms with Crippen LogP contribution < -0.4 is 15.2 Å². The van der Waals surface area contributed by atoms with Gasteiger partial charge in [-0.1, -0.05) is 13.8 Å². The molecule has 0 saturated carbocycles.